The monoisotopic (exact) mass is 384 g/mol. The van der Waals surface area contributed by atoms with Gasteiger partial charge in [0, 0.05) is 10.8 Å². The summed E-state index contributed by atoms with van der Waals surface area (Å²) >= 11 is 3.02. The highest BCUT2D eigenvalue weighted by molar-refractivity contribution is 7.99. The Hall–Kier alpha value is -2.12. The quantitative estimate of drug-likeness (QED) is 0.603. The summed E-state index contributed by atoms with van der Waals surface area (Å²) in [5.74, 6) is 1.77. The lowest BCUT2D eigenvalue weighted by atomic mass is 10.0. The van der Waals surface area contributed by atoms with Crippen molar-refractivity contribution in [2.75, 3.05) is 5.75 Å². The summed E-state index contributed by atoms with van der Waals surface area (Å²) in [6, 6.07) is 12.2. The molecule has 0 aliphatic heterocycles. The summed E-state index contributed by atoms with van der Waals surface area (Å²) in [6.07, 6.45) is 2.36. The number of aromatic nitrogens is 3. The number of thiophene rings is 1. The second kappa shape index (κ2) is 7.63. The first kappa shape index (κ1) is 17.3. The van der Waals surface area contributed by atoms with E-state index in [1.807, 2.05) is 11.4 Å². The maximum absolute atomic E-state index is 12.5. The molecule has 1 aliphatic rings. The zero-order valence-electron chi connectivity index (χ0n) is 14.4. The minimum absolute atomic E-state index is 0.0215. The van der Waals surface area contributed by atoms with E-state index in [1.54, 1.807) is 11.3 Å². The van der Waals surface area contributed by atoms with Gasteiger partial charge in [0.1, 0.15) is 5.82 Å². The fourth-order valence-electron chi connectivity index (χ4n) is 2.73. The molecule has 0 spiro atoms. The van der Waals surface area contributed by atoms with Crippen molar-refractivity contribution >= 4 is 29.0 Å². The van der Waals surface area contributed by atoms with Gasteiger partial charge in [0.25, 0.3) is 0 Å². The molecule has 0 bridgehead atoms. The van der Waals surface area contributed by atoms with Crippen LogP contribution in [0.5, 0.6) is 0 Å². The number of nitrogens with zero attached hydrogens (tertiary/aromatic N) is 2. The maximum atomic E-state index is 12.5. The van der Waals surface area contributed by atoms with Gasteiger partial charge in [0.2, 0.25) is 11.1 Å². The topological polar surface area (TPSA) is 70.7 Å². The zero-order valence-corrected chi connectivity index (χ0v) is 16.1. The number of hydrogen-bond acceptors (Lipinski definition) is 5. The number of amides is 1. The minimum Gasteiger partial charge on any atom is -0.344 e. The summed E-state index contributed by atoms with van der Waals surface area (Å²) in [6.45, 7) is 2.06. The summed E-state index contributed by atoms with van der Waals surface area (Å²) in [5.41, 5.74) is 2.29. The number of rotatable bonds is 7. The van der Waals surface area contributed by atoms with Crippen LogP contribution >= 0.6 is 23.1 Å². The van der Waals surface area contributed by atoms with Crippen LogP contribution in [0.3, 0.4) is 0 Å². The molecule has 0 radical (unpaired) electrons. The summed E-state index contributed by atoms with van der Waals surface area (Å²) in [5, 5.41) is 13.0. The first-order valence-electron chi connectivity index (χ1n) is 8.63. The van der Waals surface area contributed by atoms with E-state index in [4.69, 9.17) is 0 Å². The van der Waals surface area contributed by atoms with Crippen molar-refractivity contribution in [3.8, 4) is 0 Å². The molecule has 1 unspecified atom stereocenters. The molecule has 2 aromatic heterocycles. The Balaban J connectivity index is 1.41. The predicted molar refractivity (Wildman–Crippen MR) is 105 cm³/mol. The first-order valence-corrected chi connectivity index (χ1v) is 10.5. The molecule has 134 valence electrons. The van der Waals surface area contributed by atoms with Gasteiger partial charge < -0.3 is 5.32 Å². The number of carbonyl (C=O) groups is 1. The average molecular weight is 385 g/mol. The first-order chi connectivity index (χ1) is 12.7. The highest BCUT2D eigenvalue weighted by atomic mass is 32.2. The third kappa shape index (κ3) is 4.16. The van der Waals surface area contributed by atoms with Gasteiger partial charge in [-0.1, -0.05) is 47.7 Å². The lowest BCUT2D eigenvalue weighted by Gasteiger charge is -2.18. The van der Waals surface area contributed by atoms with Crippen LogP contribution in [0.15, 0.2) is 46.9 Å². The molecule has 1 amide bonds. The Bertz CT molecular complexity index is 869. The molecular weight excluding hydrogens is 364 g/mol. The molecular formula is C19H20N4OS2. The van der Waals surface area contributed by atoms with Crippen molar-refractivity contribution < 1.29 is 4.79 Å². The molecule has 0 saturated heterocycles. The molecule has 3 aromatic rings. The van der Waals surface area contributed by atoms with Crippen LogP contribution in [0.1, 0.15) is 46.6 Å². The Morgan fingerprint density at radius 1 is 1.35 bits per heavy atom. The van der Waals surface area contributed by atoms with Crippen LogP contribution in [0.2, 0.25) is 0 Å². The maximum Gasteiger partial charge on any atom is 0.231 e. The molecule has 5 nitrogen and oxygen atoms in total. The number of aromatic amines is 1. The Kier molecular flexibility index (Phi) is 5.08. The van der Waals surface area contributed by atoms with E-state index in [-0.39, 0.29) is 11.9 Å². The van der Waals surface area contributed by atoms with Crippen LogP contribution in [0, 0.1) is 6.92 Å². The van der Waals surface area contributed by atoms with Crippen LogP contribution in [-0.2, 0) is 4.79 Å². The van der Waals surface area contributed by atoms with Crippen molar-refractivity contribution in [1.82, 2.24) is 20.5 Å². The van der Waals surface area contributed by atoms with Crippen molar-refractivity contribution in [2.45, 2.75) is 36.9 Å². The predicted octanol–water partition coefficient (Wildman–Crippen LogP) is 4.05. The van der Waals surface area contributed by atoms with E-state index < -0.39 is 0 Å². The van der Waals surface area contributed by atoms with Gasteiger partial charge in [-0.05, 0) is 36.8 Å². The van der Waals surface area contributed by atoms with Gasteiger partial charge >= 0.3 is 0 Å². The highest BCUT2D eigenvalue weighted by Crippen LogP contribution is 2.38. The minimum atomic E-state index is -0.127. The van der Waals surface area contributed by atoms with E-state index in [0.29, 0.717) is 16.8 Å². The average Bonchev–Trinajstić information content (AvgIpc) is 3.16. The molecule has 1 aromatic carbocycles. The van der Waals surface area contributed by atoms with Gasteiger partial charge in [-0.3, -0.25) is 9.89 Å². The molecule has 2 N–H and O–H groups in total. The normalized spacial score (nSPS) is 15.0. The second-order valence-electron chi connectivity index (χ2n) is 6.49. The lowest BCUT2D eigenvalue weighted by molar-refractivity contribution is -0.119. The van der Waals surface area contributed by atoms with Gasteiger partial charge in [-0.15, -0.1) is 16.4 Å². The van der Waals surface area contributed by atoms with Crippen LogP contribution in [-0.4, -0.2) is 26.8 Å². The smallest absolute Gasteiger partial charge is 0.231 e. The van der Waals surface area contributed by atoms with Crippen LogP contribution in [0.4, 0.5) is 0 Å². The molecule has 2 heterocycles. The van der Waals surface area contributed by atoms with Crippen molar-refractivity contribution in [2.24, 2.45) is 0 Å². The molecule has 26 heavy (non-hydrogen) atoms. The highest BCUT2D eigenvalue weighted by Gasteiger charge is 2.27. The molecule has 1 saturated carbocycles. The molecule has 1 fully saturated rings. The number of thioether (sulfide) groups is 1. The summed E-state index contributed by atoms with van der Waals surface area (Å²) in [4.78, 5) is 18.1. The fourth-order valence-corrected chi connectivity index (χ4v) is 4.15. The molecule has 1 atom stereocenters. The Morgan fingerprint density at radius 3 is 2.85 bits per heavy atom. The Morgan fingerprint density at radius 2 is 2.15 bits per heavy atom. The lowest BCUT2D eigenvalue weighted by Crippen LogP contribution is -2.30. The van der Waals surface area contributed by atoms with Crippen molar-refractivity contribution in [3.63, 3.8) is 0 Å². The zero-order chi connectivity index (χ0) is 17.9. The van der Waals surface area contributed by atoms with E-state index in [0.717, 1.165) is 16.3 Å². The number of carbonyl (C=O) groups excluding carboxylic acids is 1. The van der Waals surface area contributed by atoms with E-state index >= 15 is 0 Å². The van der Waals surface area contributed by atoms with Gasteiger partial charge in [-0.2, -0.15) is 0 Å². The van der Waals surface area contributed by atoms with E-state index in [9.17, 15) is 4.79 Å². The molecule has 1 aliphatic carbocycles. The largest absolute Gasteiger partial charge is 0.344 e. The van der Waals surface area contributed by atoms with Gasteiger partial charge in [0.15, 0.2) is 0 Å². The summed E-state index contributed by atoms with van der Waals surface area (Å²) < 4.78 is 0. The fraction of sp³-hybridized carbons (Fsp3) is 0.316. The number of aryl methyl sites for hydroxylation is 1. The van der Waals surface area contributed by atoms with Crippen molar-refractivity contribution in [1.29, 1.82) is 0 Å². The SMILES string of the molecule is Cc1ccc(C(NC(=O)CSc2n[nH]c(C3CC3)n2)c2cccs2)cc1. The van der Waals surface area contributed by atoms with E-state index in [1.165, 1.54) is 30.2 Å². The third-order valence-corrected chi connectivity index (χ3v) is 6.11. The van der Waals surface area contributed by atoms with Crippen molar-refractivity contribution in [3.05, 3.63) is 63.6 Å². The third-order valence-electron chi connectivity index (χ3n) is 4.32. The van der Waals surface area contributed by atoms with Gasteiger partial charge in [0.05, 0.1) is 11.8 Å². The molecule has 7 heteroatoms. The number of hydrogen-bond donors (Lipinski definition) is 2. The second-order valence-corrected chi connectivity index (χ2v) is 8.41. The summed E-state index contributed by atoms with van der Waals surface area (Å²) in [7, 11) is 0. The van der Waals surface area contributed by atoms with Crippen LogP contribution in [0.25, 0.3) is 0 Å². The van der Waals surface area contributed by atoms with Crippen LogP contribution < -0.4 is 5.32 Å². The number of H-pyrrole nitrogens is 1. The molecule has 4 rings (SSSR count). The standard InChI is InChI=1S/C19H20N4OS2/c1-12-4-6-13(7-5-12)17(15-3-2-10-25-15)20-16(24)11-26-19-21-18(22-23-19)14-8-9-14/h2-7,10,14,17H,8-9,11H2,1H3,(H,20,24)(H,21,22,23). The van der Waals surface area contributed by atoms with Gasteiger partial charge in [-0.25, -0.2) is 4.98 Å². The number of benzene rings is 1. The number of nitrogens with one attached hydrogen (secondary N) is 2. The Labute approximate surface area is 160 Å². The van der Waals surface area contributed by atoms with E-state index in [2.05, 4.69) is 57.8 Å².